The van der Waals surface area contributed by atoms with Crippen LogP contribution in [0.15, 0.2) is 12.3 Å². The molecule has 2 N–H and O–H groups in total. The van der Waals surface area contributed by atoms with Crippen molar-refractivity contribution in [2.45, 2.75) is 0 Å². The zero-order valence-corrected chi connectivity index (χ0v) is 9.84. The number of aromatic amines is 1. The fourth-order valence-corrected chi connectivity index (χ4v) is 1.27. The third-order valence-electron chi connectivity index (χ3n) is 1.68. The van der Waals surface area contributed by atoms with Gasteiger partial charge in [-0.2, -0.15) is 0 Å². The molecule has 1 aromatic rings. The number of hydrogen-bond donors (Lipinski definition) is 3. The molecule has 0 radical (unpaired) electrons. The molecular formula is C7H8N4O3S2. The third kappa shape index (κ3) is 2.94. The number of carbonyl (C=O) groups is 1. The first-order valence-corrected chi connectivity index (χ1v) is 4.88. The van der Waals surface area contributed by atoms with E-state index in [9.17, 15) is 14.9 Å². The Kier molecular flexibility index (Phi) is 3.85. The standard InChI is InChI=1S/C7H8N4O3S2/c1-10(9-7(15)16)6(12)5-2-4(3-8-5)11(13)14/h2-3,8H,1H3,(H2,9,15,16). The normalized spacial score (nSPS) is 9.62. The number of thiocarbonyl (C=S) groups is 1. The Balaban J connectivity index is 2.80. The van der Waals surface area contributed by atoms with Gasteiger partial charge in [-0.25, -0.2) is 0 Å². The number of amides is 1. The van der Waals surface area contributed by atoms with E-state index in [-0.39, 0.29) is 15.7 Å². The molecule has 7 nitrogen and oxygen atoms in total. The summed E-state index contributed by atoms with van der Waals surface area (Å²) in [5, 5.41) is 11.5. The van der Waals surface area contributed by atoms with Crippen LogP contribution < -0.4 is 5.43 Å². The molecule has 0 saturated carbocycles. The van der Waals surface area contributed by atoms with Crippen LogP contribution in [-0.4, -0.2) is 32.2 Å². The number of carbonyl (C=O) groups excluding carboxylic acids is 1. The van der Waals surface area contributed by atoms with Crippen LogP contribution in [0.1, 0.15) is 10.5 Å². The second-order valence-electron chi connectivity index (χ2n) is 2.81. The van der Waals surface area contributed by atoms with Crippen molar-refractivity contribution < 1.29 is 9.72 Å². The molecule has 0 aliphatic heterocycles. The molecule has 0 spiro atoms. The number of hydrogen-bond acceptors (Lipinski definition) is 4. The van der Waals surface area contributed by atoms with Crippen LogP contribution in [-0.2, 0) is 0 Å². The number of aromatic nitrogens is 1. The van der Waals surface area contributed by atoms with Crippen molar-refractivity contribution in [3.63, 3.8) is 0 Å². The van der Waals surface area contributed by atoms with Crippen LogP contribution in [0.5, 0.6) is 0 Å². The van der Waals surface area contributed by atoms with Gasteiger partial charge in [0.2, 0.25) is 0 Å². The summed E-state index contributed by atoms with van der Waals surface area (Å²) in [6.07, 6.45) is 1.14. The highest BCUT2D eigenvalue weighted by molar-refractivity contribution is 8.11. The first kappa shape index (κ1) is 12.5. The molecule has 1 heterocycles. The Morgan fingerprint density at radius 1 is 1.75 bits per heavy atom. The van der Waals surface area contributed by atoms with Crippen LogP contribution in [0.4, 0.5) is 5.69 Å². The Labute approximate surface area is 101 Å². The van der Waals surface area contributed by atoms with E-state index < -0.39 is 10.8 Å². The van der Waals surface area contributed by atoms with E-state index in [0.29, 0.717) is 0 Å². The van der Waals surface area contributed by atoms with Gasteiger partial charge < -0.3 is 4.98 Å². The SMILES string of the molecule is CN(NC(=S)S)C(=O)c1cc([N+](=O)[O-])c[nH]1. The summed E-state index contributed by atoms with van der Waals surface area (Å²) in [7, 11) is 1.43. The number of rotatable bonds is 2. The van der Waals surface area contributed by atoms with Gasteiger partial charge in [-0.3, -0.25) is 25.3 Å². The van der Waals surface area contributed by atoms with Crippen LogP contribution in [0, 0.1) is 10.1 Å². The van der Waals surface area contributed by atoms with Crippen molar-refractivity contribution in [1.82, 2.24) is 15.4 Å². The van der Waals surface area contributed by atoms with Gasteiger partial charge in [-0.1, -0.05) is 12.2 Å². The molecule has 9 heteroatoms. The predicted octanol–water partition coefficient (Wildman–Crippen LogP) is 0.714. The summed E-state index contributed by atoms with van der Waals surface area (Å²) in [4.78, 5) is 23.9. The summed E-state index contributed by atoms with van der Waals surface area (Å²) >= 11 is 8.42. The van der Waals surface area contributed by atoms with Gasteiger partial charge in [0, 0.05) is 13.1 Å². The van der Waals surface area contributed by atoms with Crippen LogP contribution in [0.3, 0.4) is 0 Å². The lowest BCUT2D eigenvalue weighted by molar-refractivity contribution is -0.384. The number of thiol groups is 1. The van der Waals surface area contributed by atoms with E-state index in [1.54, 1.807) is 0 Å². The summed E-state index contributed by atoms with van der Waals surface area (Å²) in [5.41, 5.74) is 2.38. The Morgan fingerprint density at radius 3 is 2.81 bits per heavy atom. The molecular weight excluding hydrogens is 252 g/mol. The van der Waals surface area contributed by atoms with Crippen molar-refractivity contribution in [1.29, 1.82) is 0 Å². The second kappa shape index (κ2) is 4.94. The van der Waals surface area contributed by atoms with Gasteiger partial charge in [0.1, 0.15) is 10.0 Å². The molecule has 0 unspecified atom stereocenters. The molecule has 0 fully saturated rings. The second-order valence-corrected chi connectivity index (χ2v) is 3.97. The average Bonchev–Trinajstić information content (AvgIpc) is 2.64. The first-order chi connectivity index (χ1) is 7.41. The number of H-pyrrole nitrogens is 1. The van der Waals surface area contributed by atoms with Gasteiger partial charge in [0.15, 0.2) is 0 Å². The van der Waals surface area contributed by atoms with Gasteiger partial charge in [0.25, 0.3) is 11.6 Å². The molecule has 16 heavy (non-hydrogen) atoms. The zero-order chi connectivity index (χ0) is 12.3. The summed E-state index contributed by atoms with van der Waals surface area (Å²) < 4.78 is 0.122. The fraction of sp³-hybridized carbons (Fsp3) is 0.143. The number of hydrazine groups is 1. The van der Waals surface area contributed by atoms with E-state index >= 15 is 0 Å². The third-order valence-corrected chi connectivity index (χ3v) is 1.87. The molecule has 86 valence electrons. The Hall–Kier alpha value is -1.61. The van der Waals surface area contributed by atoms with E-state index in [4.69, 9.17) is 0 Å². The van der Waals surface area contributed by atoms with Crippen LogP contribution in [0.2, 0.25) is 0 Å². The maximum absolute atomic E-state index is 11.6. The predicted molar refractivity (Wildman–Crippen MR) is 64.3 cm³/mol. The maximum atomic E-state index is 11.6. The molecule has 0 aliphatic rings. The first-order valence-electron chi connectivity index (χ1n) is 4.02. The molecule has 1 amide bonds. The minimum absolute atomic E-state index is 0.0892. The maximum Gasteiger partial charge on any atom is 0.288 e. The fourth-order valence-electron chi connectivity index (χ4n) is 0.987. The molecule has 0 saturated heterocycles. The molecule has 0 aliphatic carbocycles. The minimum Gasteiger partial charge on any atom is -0.351 e. The molecule has 0 atom stereocenters. The van der Waals surface area contributed by atoms with Gasteiger partial charge >= 0.3 is 0 Å². The number of nitrogens with zero attached hydrogens (tertiary/aromatic N) is 2. The smallest absolute Gasteiger partial charge is 0.288 e. The quantitative estimate of drug-likeness (QED) is 0.315. The molecule has 1 aromatic heterocycles. The highest BCUT2D eigenvalue weighted by atomic mass is 32.1. The number of nitrogens with one attached hydrogen (secondary N) is 2. The Bertz CT molecular complexity index is 445. The zero-order valence-electron chi connectivity index (χ0n) is 8.13. The highest BCUT2D eigenvalue weighted by Crippen LogP contribution is 2.12. The number of nitro groups is 1. The average molecular weight is 260 g/mol. The van der Waals surface area contributed by atoms with E-state index in [1.807, 2.05) is 0 Å². The summed E-state index contributed by atoms with van der Waals surface area (Å²) in [6, 6.07) is 1.14. The van der Waals surface area contributed by atoms with E-state index in [1.165, 1.54) is 7.05 Å². The lowest BCUT2D eigenvalue weighted by Gasteiger charge is -2.16. The van der Waals surface area contributed by atoms with Crippen LogP contribution in [0.25, 0.3) is 0 Å². The highest BCUT2D eigenvalue weighted by Gasteiger charge is 2.17. The summed E-state index contributed by atoms with van der Waals surface area (Å²) in [6.45, 7) is 0. The monoisotopic (exact) mass is 260 g/mol. The van der Waals surface area contributed by atoms with E-state index in [0.717, 1.165) is 17.3 Å². The lowest BCUT2D eigenvalue weighted by Crippen LogP contribution is -2.40. The lowest BCUT2D eigenvalue weighted by atomic mass is 10.4. The van der Waals surface area contributed by atoms with Gasteiger partial charge in [-0.15, -0.1) is 12.6 Å². The van der Waals surface area contributed by atoms with Crippen LogP contribution >= 0.6 is 24.8 Å². The van der Waals surface area contributed by atoms with Crippen molar-refractivity contribution >= 4 is 40.8 Å². The largest absolute Gasteiger partial charge is 0.351 e. The van der Waals surface area contributed by atoms with Crippen molar-refractivity contribution in [2.75, 3.05) is 7.05 Å². The van der Waals surface area contributed by atoms with Gasteiger partial charge in [0.05, 0.1) is 11.1 Å². The van der Waals surface area contributed by atoms with Crippen molar-refractivity contribution in [3.05, 3.63) is 28.1 Å². The Morgan fingerprint density at radius 2 is 2.38 bits per heavy atom. The van der Waals surface area contributed by atoms with Gasteiger partial charge in [-0.05, 0) is 0 Å². The van der Waals surface area contributed by atoms with E-state index in [2.05, 4.69) is 35.3 Å². The molecule has 0 aromatic carbocycles. The summed E-state index contributed by atoms with van der Waals surface area (Å²) in [5.74, 6) is -0.482. The topological polar surface area (TPSA) is 91.3 Å². The molecule has 0 bridgehead atoms. The minimum atomic E-state index is -0.593. The van der Waals surface area contributed by atoms with Crippen molar-refractivity contribution in [3.8, 4) is 0 Å². The van der Waals surface area contributed by atoms with Crippen molar-refractivity contribution in [2.24, 2.45) is 0 Å². The molecule has 1 rings (SSSR count).